The van der Waals surface area contributed by atoms with Crippen LogP contribution in [0.25, 0.3) is 0 Å². The summed E-state index contributed by atoms with van der Waals surface area (Å²) < 4.78 is 26.6. The lowest BCUT2D eigenvalue weighted by molar-refractivity contribution is -0.112. The zero-order valence-electron chi connectivity index (χ0n) is 12.5. The normalized spacial score (nSPS) is 10.9. The van der Waals surface area contributed by atoms with E-state index >= 15 is 0 Å². The van der Waals surface area contributed by atoms with Crippen molar-refractivity contribution in [1.82, 2.24) is 0 Å². The van der Waals surface area contributed by atoms with Crippen LogP contribution in [0, 0.1) is 29.9 Å². The van der Waals surface area contributed by atoms with Crippen molar-refractivity contribution >= 4 is 28.9 Å². The number of carbonyl (C=O) groups is 1. The fraction of sp³-hybridized carbons (Fsp3) is 0.0588. The first kappa shape index (κ1) is 17.4. The summed E-state index contributed by atoms with van der Waals surface area (Å²) in [5.74, 6) is -2.06. The highest BCUT2D eigenvalue weighted by Gasteiger charge is 2.12. The van der Waals surface area contributed by atoms with Crippen LogP contribution in [0.5, 0.6) is 0 Å². The average Bonchev–Trinajstić information content (AvgIpc) is 2.55. The Morgan fingerprint density at radius 3 is 2.71 bits per heavy atom. The van der Waals surface area contributed by atoms with E-state index in [0.29, 0.717) is 16.3 Å². The van der Waals surface area contributed by atoms with Crippen LogP contribution in [0.2, 0.25) is 5.02 Å². The smallest absolute Gasteiger partial charge is 0.267 e. The van der Waals surface area contributed by atoms with Crippen molar-refractivity contribution in [3.8, 4) is 6.07 Å². The number of hydrogen-bond acceptors (Lipinski definition) is 3. The largest absolute Gasteiger partial charge is 0.358 e. The second-order valence-corrected chi connectivity index (χ2v) is 5.21. The first-order chi connectivity index (χ1) is 11.4. The monoisotopic (exact) mass is 347 g/mol. The summed E-state index contributed by atoms with van der Waals surface area (Å²) in [5, 5.41) is 14.5. The number of amides is 1. The molecular formula is C17H12ClF2N3O. The zero-order valence-corrected chi connectivity index (χ0v) is 13.3. The summed E-state index contributed by atoms with van der Waals surface area (Å²) >= 11 is 5.96. The third-order valence-electron chi connectivity index (χ3n) is 3.18. The Morgan fingerprint density at radius 2 is 2.00 bits per heavy atom. The molecule has 0 unspecified atom stereocenters. The highest BCUT2D eigenvalue weighted by molar-refractivity contribution is 6.31. The second kappa shape index (κ2) is 7.57. The van der Waals surface area contributed by atoms with Crippen LogP contribution in [-0.2, 0) is 4.79 Å². The summed E-state index contributed by atoms with van der Waals surface area (Å²) in [6, 6.07) is 9.47. The molecule has 0 bridgehead atoms. The Balaban J connectivity index is 2.18. The Bertz CT molecular complexity index is 859. The Labute approximate surface area is 142 Å². The van der Waals surface area contributed by atoms with Gasteiger partial charge in [-0.1, -0.05) is 17.7 Å². The number of hydrogen-bond donors (Lipinski definition) is 2. The third kappa shape index (κ3) is 4.09. The predicted octanol–water partition coefficient (Wildman–Crippen LogP) is 4.38. The highest BCUT2D eigenvalue weighted by atomic mass is 35.5. The summed E-state index contributed by atoms with van der Waals surface area (Å²) in [5.41, 5.74) is 0.604. The Kier molecular flexibility index (Phi) is 5.51. The second-order valence-electron chi connectivity index (χ2n) is 4.80. The van der Waals surface area contributed by atoms with Crippen molar-refractivity contribution in [2.24, 2.45) is 0 Å². The molecule has 0 aliphatic rings. The van der Waals surface area contributed by atoms with E-state index in [1.807, 2.05) is 0 Å². The lowest BCUT2D eigenvalue weighted by atomic mass is 10.2. The SMILES string of the molecule is Cc1c(Cl)cccc1NC(=O)/C(C#N)=C\Nc1cc(F)ccc1F. The minimum Gasteiger partial charge on any atom is -0.358 e. The van der Waals surface area contributed by atoms with Crippen molar-refractivity contribution in [3.63, 3.8) is 0 Å². The number of rotatable bonds is 4. The van der Waals surface area contributed by atoms with Gasteiger partial charge in [-0.2, -0.15) is 5.26 Å². The minimum atomic E-state index is -0.712. The molecule has 0 spiro atoms. The van der Waals surface area contributed by atoms with Crippen LogP contribution >= 0.6 is 11.6 Å². The van der Waals surface area contributed by atoms with Gasteiger partial charge in [-0.25, -0.2) is 8.78 Å². The van der Waals surface area contributed by atoms with Gasteiger partial charge in [-0.15, -0.1) is 0 Å². The van der Waals surface area contributed by atoms with Gasteiger partial charge >= 0.3 is 0 Å². The summed E-state index contributed by atoms with van der Waals surface area (Å²) in [7, 11) is 0. The highest BCUT2D eigenvalue weighted by Crippen LogP contribution is 2.23. The fourth-order valence-electron chi connectivity index (χ4n) is 1.84. The van der Waals surface area contributed by atoms with Gasteiger partial charge in [0.05, 0.1) is 5.69 Å². The maximum absolute atomic E-state index is 13.5. The molecule has 1 amide bonds. The zero-order chi connectivity index (χ0) is 17.7. The number of nitriles is 1. The number of halogens is 3. The van der Waals surface area contributed by atoms with E-state index in [1.54, 1.807) is 31.2 Å². The van der Waals surface area contributed by atoms with Gasteiger partial charge in [0.25, 0.3) is 5.91 Å². The Hall–Kier alpha value is -2.91. The first-order valence-electron chi connectivity index (χ1n) is 6.80. The van der Waals surface area contributed by atoms with Gasteiger partial charge in [0, 0.05) is 23.0 Å². The molecule has 0 atom stereocenters. The molecule has 7 heteroatoms. The maximum Gasteiger partial charge on any atom is 0.267 e. The van der Waals surface area contributed by atoms with Gasteiger partial charge in [-0.3, -0.25) is 4.79 Å². The predicted molar refractivity (Wildman–Crippen MR) is 88.5 cm³/mol. The molecule has 0 fully saturated rings. The Morgan fingerprint density at radius 1 is 1.25 bits per heavy atom. The number of carbonyl (C=O) groups excluding carboxylic acids is 1. The van der Waals surface area contributed by atoms with Crippen molar-refractivity contribution < 1.29 is 13.6 Å². The van der Waals surface area contributed by atoms with Gasteiger partial charge in [0.1, 0.15) is 23.3 Å². The van der Waals surface area contributed by atoms with E-state index in [1.165, 1.54) is 0 Å². The van der Waals surface area contributed by atoms with Gasteiger partial charge in [-0.05, 0) is 36.8 Å². The number of anilines is 2. The number of benzene rings is 2. The molecule has 0 heterocycles. The minimum absolute atomic E-state index is 0.186. The van der Waals surface area contributed by atoms with Crippen molar-refractivity contribution in [1.29, 1.82) is 5.26 Å². The molecule has 0 aliphatic heterocycles. The number of nitrogens with zero attached hydrogens (tertiary/aromatic N) is 1. The molecular weight excluding hydrogens is 336 g/mol. The van der Waals surface area contributed by atoms with Crippen LogP contribution in [0.3, 0.4) is 0 Å². The van der Waals surface area contributed by atoms with Gasteiger partial charge in [0.2, 0.25) is 0 Å². The van der Waals surface area contributed by atoms with Crippen LogP contribution in [0.15, 0.2) is 48.2 Å². The molecule has 0 aliphatic carbocycles. The molecule has 0 radical (unpaired) electrons. The standard InChI is InChI=1S/C17H12ClF2N3O/c1-10-13(18)3-2-4-15(10)23-17(24)11(8-21)9-22-16-7-12(19)5-6-14(16)20/h2-7,9,22H,1H3,(H,23,24)/b11-9-. The molecule has 122 valence electrons. The maximum atomic E-state index is 13.5. The van der Waals surface area contributed by atoms with E-state index in [-0.39, 0.29) is 11.3 Å². The topological polar surface area (TPSA) is 64.9 Å². The lowest BCUT2D eigenvalue weighted by Crippen LogP contribution is -2.15. The number of nitrogens with one attached hydrogen (secondary N) is 2. The summed E-state index contributed by atoms with van der Waals surface area (Å²) in [6.07, 6.45) is 1.01. The molecule has 24 heavy (non-hydrogen) atoms. The molecule has 2 rings (SSSR count). The van der Waals surface area contributed by atoms with E-state index in [4.69, 9.17) is 16.9 Å². The molecule has 4 nitrogen and oxygen atoms in total. The average molecular weight is 348 g/mol. The van der Waals surface area contributed by atoms with Crippen LogP contribution in [-0.4, -0.2) is 5.91 Å². The fourth-order valence-corrected chi connectivity index (χ4v) is 2.01. The van der Waals surface area contributed by atoms with Crippen LogP contribution in [0.1, 0.15) is 5.56 Å². The van der Waals surface area contributed by atoms with E-state index in [2.05, 4.69) is 10.6 Å². The van der Waals surface area contributed by atoms with Crippen molar-refractivity contribution in [3.05, 3.63) is 70.4 Å². The molecule has 0 saturated carbocycles. The van der Waals surface area contributed by atoms with E-state index < -0.39 is 17.5 Å². The molecule has 0 saturated heterocycles. The molecule has 2 aromatic rings. The summed E-state index contributed by atoms with van der Waals surface area (Å²) in [4.78, 5) is 12.1. The van der Waals surface area contributed by atoms with E-state index in [0.717, 1.165) is 24.4 Å². The van der Waals surface area contributed by atoms with Crippen LogP contribution < -0.4 is 10.6 Å². The first-order valence-corrected chi connectivity index (χ1v) is 7.18. The van der Waals surface area contributed by atoms with Crippen molar-refractivity contribution in [2.45, 2.75) is 6.92 Å². The third-order valence-corrected chi connectivity index (χ3v) is 3.59. The molecule has 0 aromatic heterocycles. The van der Waals surface area contributed by atoms with Crippen LogP contribution in [0.4, 0.5) is 20.2 Å². The molecule has 2 aromatic carbocycles. The van der Waals surface area contributed by atoms with E-state index in [9.17, 15) is 13.6 Å². The van der Waals surface area contributed by atoms with Gasteiger partial charge in [0.15, 0.2) is 0 Å². The lowest BCUT2D eigenvalue weighted by Gasteiger charge is -2.09. The van der Waals surface area contributed by atoms with Crippen molar-refractivity contribution in [2.75, 3.05) is 10.6 Å². The van der Waals surface area contributed by atoms with Gasteiger partial charge < -0.3 is 10.6 Å². The molecule has 2 N–H and O–H groups in total. The summed E-state index contributed by atoms with van der Waals surface area (Å²) in [6.45, 7) is 1.72. The quantitative estimate of drug-likeness (QED) is 0.637.